The molecule has 32 heavy (non-hydrogen) atoms. The number of hydrogen-bond acceptors (Lipinski definition) is 3. The number of methoxy groups -OCH3 is 1. The van der Waals surface area contributed by atoms with Gasteiger partial charge < -0.3 is 10.1 Å². The van der Waals surface area contributed by atoms with Gasteiger partial charge in [-0.25, -0.2) is 0 Å². The third-order valence-electron chi connectivity index (χ3n) is 5.15. The first-order chi connectivity index (χ1) is 15.4. The zero-order chi connectivity index (χ0) is 22.7. The van der Waals surface area contributed by atoms with Crippen molar-refractivity contribution in [3.05, 3.63) is 99.0 Å². The van der Waals surface area contributed by atoms with Gasteiger partial charge in [0.2, 0.25) is 12.3 Å². The molecule has 0 aliphatic carbocycles. The molecule has 4 rings (SSSR count). The molecule has 0 unspecified atom stereocenters. The van der Waals surface area contributed by atoms with E-state index in [9.17, 15) is 9.59 Å². The quantitative estimate of drug-likeness (QED) is 0.504. The molecule has 162 valence electrons. The van der Waals surface area contributed by atoms with E-state index in [2.05, 4.69) is 26.7 Å². The summed E-state index contributed by atoms with van der Waals surface area (Å²) >= 11 is 9.49. The van der Waals surface area contributed by atoms with Crippen LogP contribution in [0.2, 0.25) is 5.02 Å². The molecule has 1 aliphatic rings. The molecule has 0 bridgehead atoms. The highest BCUT2D eigenvalue weighted by Crippen LogP contribution is 2.27. The zero-order valence-electron chi connectivity index (χ0n) is 17.1. The van der Waals surface area contributed by atoms with E-state index < -0.39 is 12.1 Å². The van der Waals surface area contributed by atoms with Crippen LogP contribution >= 0.6 is 27.5 Å². The second-order valence-electron chi connectivity index (χ2n) is 7.24. The number of rotatable bonds is 5. The lowest BCUT2D eigenvalue weighted by Gasteiger charge is -2.15. The predicted octanol–water partition coefficient (Wildman–Crippen LogP) is 4.13. The molecule has 1 fully saturated rings. The molecule has 0 aromatic heterocycles. The van der Waals surface area contributed by atoms with Crippen LogP contribution in [0.25, 0.3) is 0 Å². The van der Waals surface area contributed by atoms with Gasteiger partial charge in [0.15, 0.2) is 6.04 Å². The molecule has 2 N–H and O–H groups in total. The number of benzene rings is 3. The maximum absolute atomic E-state index is 12.9. The Morgan fingerprint density at radius 1 is 1.06 bits per heavy atom. The van der Waals surface area contributed by atoms with Crippen molar-refractivity contribution in [1.29, 1.82) is 0 Å². The summed E-state index contributed by atoms with van der Waals surface area (Å²) in [5.41, 5.74) is 5.03. The average Bonchev–Trinajstić information content (AvgIpc) is 3.10. The number of hydrazine groups is 1. The van der Waals surface area contributed by atoms with Crippen LogP contribution in [0.1, 0.15) is 27.5 Å². The molecule has 2 atom stereocenters. The van der Waals surface area contributed by atoms with Gasteiger partial charge in [-0.1, -0.05) is 39.7 Å². The van der Waals surface area contributed by atoms with Crippen LogP contribution in [0.5, 0.6) is 5.75 Å². The van der Waals surface area contributed by atoms with Gasteiger partial charge in [0.25, 0.3) is 5.91 Å². The van der Waals surface area contributed by atoms with Crippen molar-refractivity contribution >= 4 is 45.6 Å². The summed E-state index contributed by atoms with van der Waals surface area (Å²) in [6.07, 6.45) is 1.84. The Labute approximate surface area is 199 Å². The topological polar surface area (TPSA) is 70.4 Å². The third-order valence-corrected chi connectivity index (χ3v) is 5.93. The average molecular weight is 514 g/mol. The Hall–Kier alpha value is -3.16. The maximum atomic E-state index is 12.9. The number of nitrogens with zero attached hydrogens (tertiary/aromatic N) is 1. The third kappa shape index (κ3) is 4.84. The highest BCUT2D eigenvalue weighted by atomic mass is 79.9. The molecule has 0 spiro atoms. The summed E-state index contributed by atoms with van der Waals surface area (Å²) in [7, 11) is 1.56. The van der Waals surface area contributed by atoms with Crippen molar-refractivity contribution < 1.29 is 19.0 Å². The van der Waals surface area contributed by atoms with Crippen LogP contribution in [0.3, 0.4) is 0 Å². The second-order valence-corrected chi connectivity index (χ2v) is 8.59. The number of hydrazone groups is 1. The standard InChI is InChI=1S/C24H19BrClN3O3/c1-32-20-12-6-17(7-13-20)23(30)27-21-22(16-4-10-19(26)11-5-16)29(28-24(21)31)14-15-2-8-18(25)9-3-15/h2-14,21-22H,1H3,(H-,27,28,30,31)/p+1/b29-14-/t21-,22-/m1/s1. The highest BCUT2D eigenvalue weighted by Gasteiger charge is 2.47. The fourth-order valence-corrected chi connectivity index (χ4v) is 3.91. The first-order valence-electron chi connectivity index (χ1n) is 9.84. The van der Waals surface area contributed by atoms with Gasteiger partial charge in [-0.2, -0.15) is 0 Å². The van der Waals surface area contributed by atoms with Gasteiger partial charge in [0.1, 0.15) is 5.75 Å². The number of nitrogens with one attached hydrogen (secondary N) is 2. The van der Waals surface area contributed by atoms with Gasteiger partial charge in [-0.05, 0) is 60.7 Å². The van der Waals surface area contributed by atoms with E-state index in [0.29, 0.717) is 16.3 Å². The normalized spacial score (nSPS) is 19.0. The SMILES string of the molecule is COc1ccc(C(=O)N[C@H]2C(=O)N/[N+](=C\c3ccc(Br)cc3)[C@@H]2c2ccc(Cl)cc2)cc1. The number of halogens is 2. The predicted molar refractivity (Wildman–Crippen MR) is 126 cm³/mol. The Balaban J connectivity index is 1.67. The fraction of sp³-hybridized carbons (Fsp3) is 0.125. The van der Waals surface area contributed by atoms with Gasteiger partial charge in [0.05, 0.1) is 7.11 Å². The number of carbonyl (C=O) groups excluding carboxylic acids is 2. The molecule has 0 saturated carbocycles. The lowest BCUT2D eigenvalue weighted by Crippen LogP contribution is -2.42. The molecule has 6 nitrogen and oxygen atoms in total. The summed E-state index contributed by atoms with van der Waals surface area (Å²) in [5, 5.41) is 3.47. The van der Waals surface area contributed by atoms with E-state index in [1.54, 1.807) is 48.2 Å². The van der Waals surface area contributed by atoms with Crippen molar-refractivity contribution in [3.8, 4) is 5.75 Å². The van der Waals surface area contributed by atoms with Crippen molar-refractivity contribution in [1.82, 2.24) is 10.7 Å². The first kappa shape index (κ1) is 22.0. The lowest BCUT2D eigenvalue weighted by molar-refractivity contribution is -0.596. The van der Waals surface area contributed by atoms with Crippen LogP contribution in [0, 0.1) is 0 Å². The molecule has 3 aromatic carbocycles. The second kappa shape index (κ2) is 9.54. The maximum Gasteiger partial charge on any atom is 0.304 e. The van der Waals surface area contributed by atoms with Gasteiger partial charge in [0, 0.05) is 26.2 Å². The zero-order valence-corrected chi connectivity index (χ0v) is 19.4. The molecule has 1 saturated heterocycles. The van der Waals surface area contributed by atoms with E-state index in [1.807, 2.05) is 42.6 Å². The van der Waals surface area contributed by atoms with Gasteiger partial charge in [-0.15, -0.1) is 10.1 Å². The van der Waals surface area contributed by atoms with Crippen LogP contribution in [0.15, 0.2) is 77.3 Å². The van der Waals surface area contributed by atoms with Crippen molar-refractivity contribution in [2.45, 2.75) is 12.1 Å². The first-order valence-corrected chi connectivity index (χ1v) is 11.0. The number of amides is 2. The molecule has 1 heterocycles. The monoisotopic (exact) mass is 512 g/mol. The number of ether oxygens (including phenoxy) is 1. The van der Waals surface area contributed by atoms with Crippen LogP contribution in [-0.4, -0.2) is 35.9 Å². The van der Waals surface area contributed by atoms with Crippen molar-refractivity contribution in [3.63, 3.8) is 0 Å². The fourth-order valence-electron chi connectivity index (χ4n) is 3.52. The summed E-state index contributed by atoms with van der Waals surface area (Å²) in [6, 6.07) is 20.4. The Morgan fingerprint density at radius 2 is 1.72 bits per heavy atom. The van der Waals surface area contributed by atoms with Gasteiger partial charge >= 0.3 is 5.91 Å². The Kier molecular flexibility index (Phi) is 6.58. The summed E-state index contributed by atoms with van der Waals surface area (Å²) in [6.45, 7) is 0. The van der Waals surface area contributed by atoms with E-state index in [4.69, 9.17) is 16.3 Å². The minimum atomic E-state index is -0.808. The number of hydrogen-bond donors (Lipinski definition) is 2. The molecular formula is C24H20BrClN3O3+. The molecule has 3 aromatic rings. The Bertz CT molecular complexity index is 1160. The van der Waals surface area contributed by atoms with Crippen LogP contribution < -0.4 is 15.5 Å². The van der Waals surface area contributed by atoms with Crippen molar-refractivity contribution in [2.75, 3.05) is 7.11 Å². The minimum Gasteiger partial charge on any atom is -0.497 e. The van der Waals surface area contributed by atoms with E-state index >= 15 is 0 Å². The highest BCUT2D eigenvalue weighted by molar-refractivity contribution is 9.10. The molecule has 0 radical (unpaired) electrons. The largest absolute Gasteiger partial charge is 0.497 e. The molecular weight excluding hydrogens is 494 g/mol. The van der Waals surface area contributed by atoms with E-state index in [1.165, 1.54) is 0 Å². The minimum absolute atomic E-state index is 0.305. The van der Waals surface area contributed by atoms with E-state index in [-0.39, 0.29) is 11.8 Å². The van der Waals surface area contributed by atoms with Crippen LogP contribution in [0.4, 0.5) is 0 Å². The van der Waals surface area contributed by atoms with Crippen LogP contribution in [-0.2, 0) is 4.79 Å². The molecule has 2 amide bonds. The Morgan fingerprint density at radius 3 is 2.34 bits per heavy atom. The summed E-state index contributed by atoms with van der Waals surface area (Å²) in [5.74, 6) is -0.00750. The van der Waals surface area contributed by atoms with E-state index in [0.717, 1.165) is 15.6 Å². The lowest BCUT2D eigenvalue weighted by atomic mass is 9.99. The summed E-state index contributed by atoms with van der Waals surface area (Å²) < 4.78 is 7.82. The smallest absolute Gasteiger partial charge is 0.304 e. The number of carbonyl (C=O) groups is 2. The summed E-state index contributed by atoms with van der Waals surface area (Å²) in [4.78, 5) is 25.8. The molecule has 8 heteroatoms. The van der Waals surface area contributed by atoms with Crippen molar-refractivity contribution in [2.24, 2.45) is 0 Å². The van der Waals surface area contributed by atoms with Gasteiger partial charge in [-0.3, -0.25) is 9.59 Å². The molecule has 1 aliphatic heterocycles.